The van der Waals surface area contributed by atoms with Crippen molar-refractivity contribution in [3.8, 4) is 0 Å². The SMILES string of the molecule is CCNC(=O)c1cccc(NC(=O)CCc2ccccc2N)c1. The molecule has 0 aliphatic heterocycles. The van der Waals surface area contributed by atoms with E-state index in [2.05, 4.69) is 10.6 Å². The summed E-state index contributed by atoms with van der Waals surface area (Å²) in [6.45, 7) is 2.42. The number of aryl methyl sites for hydroxylation is 1. The van der Waals surface area contributed by atoms with Crippen molar-refractivity contribution in [1.82, 2.24) is 5.32 Å². The van der Waals surface area contributed by atoms with E-state index in [1.165, 1.54) is 0 Å². The van der Waals surface area contributed by atoms with Gasteiger partial charge in [0.25, 0.3) is 5.91 Å². The van der Waals surface area contributed by atoms with Crippen LogP contribution in [0.4, 0.5) is 11.4 Å². The summed E-state index contributed by atoms with van der Waals surface area (Å²) >= 11 is 0. The number of amides is 2. The molecule has 2 aromatic rings. The Kier molecular flexibility index (Phi) is 5.74. The Hall–Kier alpha value is -2.82. The normalized spacial score (nSPS) is 10.1. The van der Waals surface area contributed by atoms with Crippen LogP contribution in [0, 0.1) is 0 Å². The minimum absolute atomic E-state index is 0.110. The van der Waals surface area contributed by atoms with Crippen LogP contribution in [0.3, 0.4) is 0 Å². The molecule has 4 N–H and O–H groups in total. The maximum atomic E-state index is 12.1. The molecule has 0 bridgehead atoms. The number of rotatable bonds is 6. The molecule has 5 heteroatoms. The number of nitrogens with two attached hydrogens (primary N) is 1. The van der Waals surface area contributed by atoms with Gasteiger partial charge in [-0.3, -0.25) is 9.59 Å². The standard InChI is InChI=1S/C18H21N3O2/c1-2-20-18(23)14-7-5-8-15(12-14)21-17(22)11-10-13-6-3-4-9-16(13)19/h3-9,12H,2,10-11,19H2,1H3,(H,20,23)(H,21,22). The Labute approximate surface area is 135 Å². The van der Waals surface area contributed by atoms with Gasteiger partial charge in [0.15, 0.2) is 0 Å². The predicted molar refractivity (Wildman–Crippen MR) is 92.3 cm³/mol. The zero-order chi connectivity index (χ0) is 16.7. The van der Waals surface area contributed by atoms with Crippen molar-refractivity contribution in [3.05, 3.63) is 59.7 Å². The van der Waals surface area contributed by atoms with Gasteiger partial charge in [0.1, 0.15) is 0 Å². The van der Waals surface area contributed by atoms with E-state index in [1.807, 2.05) is 31.2 Å². The highest BCUT2D eigenvalue weighted by Crippen LogP contribution is 2.14. The van der Waals surface area contributed by atoms with Gasteiger partial charge < -0.3 is 16.4 Å². The molecule has 23 heavy (non-hydrogen) atoms. The summed E-state index contributed by atoms with van der Waals surface area (Å²) in [7, 11) is 0. The monoisotopic (exact) mass is 311 g/mol. The molecule has 0 spiro atoms. The highest BCUT2D eigenvalue weighted by atomic mass is 16.2. The molecule has 0 atom stereocenters. The van der Waals surface area contributed by atoms with Gasteiger partial charge >= 0.3 is 0 Å². The lowest BCUT2D eigenvalue weighted by Gasteiger charge is -2.08. The number of benzene rings is 2. The third-order valence-corrected chi connectivity index (χ3v) is 3.42. The number of nitrogens with one attached hydrogen (secondary N) is 2. The van der Waals surface area contributed by atoms with Crippen LogP contribution in [0.2, 0.25) is 0 Å². The summed E-state index contributed by atoms with van der Waals surface area (Å²) in [5.74, 6) is -0.262. The van der Waals surface area contributed by atoms with Crippen LogP contribution in [0.5, 0.6) is 0 Å². The molecule has 0 unspecified atom stereocenters. The number of hydrogen-bond acceptors (Lipinski definition) is 3. The number of carbonyl (C=O) groups is 2. The lowest BCUT2D eigenvalue weighted by atomic mass is 10.1. The van der Waals surface area contributed by atoms with Crippen LogP contribution in [0.25, 0.3) is 0 Å². The van der Waals surface area contributed by atoms with Gasteiger partial charge in [0.2, 0.25) is 5.91 Å². The summed E-state index contributed by atoms with van der Waals surface area (Å²) in [5, 5.41) is 5.54. The summed E-state index contributed by atoms with van der Waals surface area (Å²) < 4.78 is 0. The van der Waals surface area contributed by atoms with E-state index in [4.69, 9.17) is 5.73 Å². The van der Waals surface area contributed by atoms with Crippen LogP contribution in [0.15, 0.2) is 48.5 Å². The molecule has 120 valence electrons. The van der Waals surface area contributed by atoms with Crippen LogP contribution in [-0.2, 0) is 11.2 Å². The fourth-order valence-corrected chi connectivity index (χ4v) is 2.23. The first-order chi connectivity index (χ1) is 11.1. The number of nitrogen functional groups attached to an aromatic ring is 1. The summed E-state index contributed by atoms with van der Waals surface area (Å²) in [6.07, 6.45) is 0.911. The maximum absolute atomic E-state index is 12.1. The second kappa shape index (κ2) is 7.98. The molecule has 2 aromatic carbocycles. The molecule has 0 radical (unpaired) electrons. The molecule has 2 rings (SSSR count). The van der Waals surface area contributed by atoms with Crippen molar-refractivity contribution in [3.63, 3.8) is 0 Å². The highest BCUT2D eigenvalue weighted by molar-refractivity contribution is 5.97. The van der Waals surface area contributed by atoms with Crippen molar-refractivity contribution in [2.75, 3.05) is 17.6 Å². The van der Waals surface area contributed by atoms with Crippen molar-refractivity contribution in [2.24, 2.45) is 0 Å². The summed E-state index contributed by atoms with van der Waals surface area (Å²) in [4.78, 5) is 23.8. The molecular formula is C18H21N3O2. The number of carbonyl (C=O) groups excluding carboxylic acids is 2. The van der Waals surface area contributed by atoms with Gasteiger partial charge in [-0.15, -0.1) is 0 Å². The third-order valence-electron chi connectivity index (χ3n) is 3.42. The van der Waals surface area contributed by atoms with Gasteiger partial charge in [-0.2, -0.15) is 0 Å². The Balaban J connectivity index is 1.94. The van der Waals surface area contributed by atoms with Crippen LogP contribution >= 0.6 is 0 Å². The molecule has 0 aromatic heterocycles. The largest absolute Gasteiger partial charge is 0.399 e. The predicted octanol–water partition coefficient (Wildman–Crippen LogP) is 2.59. The zero-order valence-corrected chi connectivity index (χ0v) is 13.1. The molecule has 0 heterocycles. The van der Waals surface area contributed by atoms with Crippen molar-refractivity contribution in [1.29, 1.82) is 0 Å². The maximum Gasteiger partial charge on any atom is 0.251 e. The fourth-order valence-electron chi connectivity index (χ4n) is 2.23. The first kappa shape index (κ1) is 16.5. The Morgan fingerprint density at radius 2 is 1.87 bits per heavy atom. The fraction of sp³-hybridized carbons (Fsp3) is 0.222. The van der Waals surface area contributed by atoms with E-state index in [1.54, 1.807) is 24.3 Å². The van der Waals surface area contributed by atoms with Gasteiger partial charge in [-0.25, -0.2) is 0 Å². The molecule has 0 aliphatic rings. The highest BCUT2D eigenvalue weighted by Gasteiger charge is 2.08. The minimum Gasteiger partial charge on any atom is -0.399 e. The first-order valence-electron chi connectivity index (χ1n) is 7.61. The summed E-state index contributed by atoms with van der Waals surface area (Å²) in [5.41, 5.74) is 8.65. The van der Waals surface area contributed by atoms with Crippen molar-refractivity contribution in [2.45, 2.75) is 19.8 Å². The second-order valence-corrected chi connectivity index (χ2v) is 5.19. The lowest BCUT2D eigenvalue weighted by molar-refractivity contribution is -0.116. The molecule has 0 aliphatic carbocycles. The van der Waals surface area contributed by atoms with E-state index < -0.39 is 0 Å². The average molecular weight is 311 g/mol. The Morgan fingerprint density at radius 3 is 2.61 bits per heavy atom. The number of hydrogen-bond donors (Lipinski definition) is 3. The van der Waals surface area contributed by atoms with E-state index >= 15 is 0 Å². The molecule has 0 saturated carbocycles. The topological polar surface area (TPSA) is 84.2 Å². The van der Waals surface area contributed by atoms with Crippen molar-refractivity contribution >= 4 is 23.2 Å². The Bertz CT molecular complexity index is 698. The molecule has 0 fully saturated rings. The lowest BCUT2D eigenvalue weighted by Crippen LogP contribution is -2.22. The van der Waals surface area contributed by atoms with Crippen molar-refractivity contribution < 1.29 is 9.59 Å². The smallest absolute Gasteiger partial charge is 0.251 e. The van der Waals surface area contributed by atoms with Crippen LogP contribution in [-0.4, -0.2) is 18.4 Å². The quantitative estimate of drug-likeness (QED) is 0.717. The first-order valence-corrected chi connectivity index (χ1v) is 7.61. The average Bonchev–Trinajstić information content (AvgIpc) is 2.54. The van der Waals surface area contributed by atoms with E-state index in [0.717, 1.165) is 5.56 Å². The molecule has 5 nitrogen and oxygen atoms in total. The molecule has 2 amide bonds. The number of para-hydroxylation sites is 1. The van der Waals surface area contributed by atoms with E-state index in [9.17, 15) is 9.59 Å². The van der Waals surface area contributed by atoms with Gasteiger partial charge in [0.05, 0.1) is 0 Å². The zero-order valence-electron chi connectivity index (χ0n) is 13.1. The van der Waals surface area contributed by atoms with Crippen LogP contribution in [0.1, 0.15) is 29.3 Å². The summed E-state index contributed by atoms with van der Waals surface area (Å²) in [6, 6.07) is 14.4. The van der Waals surface area contributed by atoms with E-state index in [0.29, 0.717) is 36.3 Å². The minimum atomic E-state index is -0.152. The Morgan fingerprint density at radius 1 is 1.09 bits per heavy atom. The van der Waals surface area contributed by atoms with E-state index in [-0.39, 0.29) is 11.8 Å². The van der Waals surface area contributed by atoms with Gasteiger partial charge in [-0.1, -0.05) is 24.3 Å². The van der Waals surface area contributed by atoms with Gasteiger partial charge in [0, 0.05) is 29.9 Å². The molecule has 0 saturated heterocycles. The van der Waals surface area contributed by atoms with Gasteiger partial charge in [-0.05, 0) is 43.2 Å². The molecular weight excluding hydrogens is 290 g/mol. The number of anilines is 2. The van der Waals surface area contributed by atoms with Crippen LogP contribution < -0.4 is 16.4 Å². The second-order valence-electron chi connectivity index (χ2n) is 5.19. The third kappa shape index (κ3) is 4.85.